The van der Waals surface area contributed by atoms with Crippen LogP contribution in [0.3, 0.4) is 0 Å². The van der Waals surface area contributed by atoms with Crippen molar-refractivity contribution in [2.24, 2.45) is 0 Å². The number of aromatic amines is 1. The maximum Gasteiger partial charge on any atom is 0.451 e. The van der Waals surface area contributed by atoms with E-state index in [4.69, 9.17) is 5.11 Å². The molecule has 2 heterocycles. The Hall–Kier alpha value is -1.90. The van der Waals surface area contributed by atoms with Crippen LogP contribution in [0.4, 0.5) is 19.0 Å². The van der Waals surface area contributed by atoms with Crippen molar-refractivity contribution in [3.05, 3.63) is 12.2 Å². The molecule has 9 heteroatoms. The van der Waals surface area contributed by atoms with Gasteiger partial charge in [-0.25, -0.2) is 15.0 Å². The van der Waals surface area contributed by atoms with Crippen LogP contribution in [-0.4, -0.2) is 37.7 Å². The van der Waals surface area contributed by atoms with Gasteiger partial charge in [0.2, 0.25) is 5.82 Å². The third-order valence-corrected chi connectivity index (χ3v) is 2.72. The average molecular weight is 289 g/mol. The molecule has 0 saturated heterocycles. The summed E-state index contributed by atoms with van der Waals surface area (Å²) in [5.41, 5.74) is 0.290. The van der Waals surface area contributed by atoms with Gasteiger partial charge in [-0.2, -0.15) is 13.2 Å². The van der Waals surface area contributed by atoms with Crippen LogP contribution in [-0.2, 0) is 6.18 Å². The third-order valence-electron chi connectivity index (χ3n) is 2.72. The lowest BCUT2D eigenvalue weighted by atomic mass is 10.2. The quantitative estimate of drug-likeness (QED) is 0.783. The molecular formula is C11H14F3N5O. The monoisotopic (exact) mass is 289 g/mol. The SMILES string of the molecule is C[C@H](CCCO)Nc1nc(C(F)(F)F)nc2nc[nH]c12. The minimum atomic E-state index is -4.63. The summed E-state index contributed by atoms with van der Waals surface area (Å²) in [6, 6.07) is -0.135. The van der Waals surface area contributed by atoms with Crippen molar-refractivity contribution in [1.82, 2.24) is 19.9 Å². The zero-order chi connectivity index (χ0) is 14.8. The summed E-state index contributed by atoms with van der Waals surface area (Å²) in [5.74, 6) is -1.17. The predicted molar refractivity (Wildman–Crippen MR) is 66.1 cm³/mol. The first-order valence-electron chi connectivity index (χ1n) is 6.07. The number of aliphatic hydroxyl groups is 1. The number of hydrogen-bond acceptors (Lipinski definition) is 5. The first-order chi connectivity index (χ1) is 9.41. The molecule has 6 nitrogen and oxygen atoms in total. The van der Waals surface area contributed by atoms with Crippen molar-refractivity contribution in [2.45, 2.75) is 32.0 Å². The molecule has 0 aliphatic rings. The molecule has 1 atom stereocenters. The summed E-state index contributed by atoms with van der Waals surface area (Å²) in [6.45, 7) is 1.83. The summed E-state index contributed by atoms with van der Waals surface area (Å²) in [4.78, 5) is 13.3. The lowest BCUT2D eigenvalue weighted by Crippen LogP contribution is -2.19. The van der Waals surface area contributed by atoms with Crippen LogP contribution < -0.4 is 5.32 Å². The lowest BCUT2D eigenvalue weighted by molar-refractivity contribution is -0.144. The molecule has 20 heavy (non-hydrogen) atoms. The topological polar surface area (TPSA) is 86.7 Å². The van der Waals surface area contributed by atoms with Crippen LogP contribution in [0.25, 0.3) is 11.2 Å². The maximum absolute atomic E-state index is 12.7. The van der Waals surface area contributed by atoms with Gasteiger partial charge in [0.1, 0.15) is 5.52 Å². The van der Waals surface area contributed by atoms with Crippen LogP contribution in [0.15, 0.2) is 6.33 Å². The lowest BCUT2D eigenvalue weighted by Gasteiger charge is -2.15. The number of hydrogen-bond donors (Lipinski definition) is 3. The first kappa shape index (κ1) is 14.5. The van der Waals surface area contributed by atoms with Crippen molar-refractivity contribution in [2.75, 3.05) is 11.9 Å². The Labute approximate surface area is 112 Å². The zero-order valence-corrected chi connectivity index (χ0v) is 10.7. The molecule has 2 aromatic heterocycles. The van der Waals surface area contributed by atoms with E-state index in [9.17, 15) is 13.2 Å². The largest absolute Gasteiger partial charge is 0.451 e. The smallest absolute Gasteiger partial charge is 0.396 e. The molecule has 2 aromatic rings. The Morgan fingerprint density at radius 1 is 1.40 bits per heavy atom. The highest BCUT2D eigenvalue weighted by atomic mass is 19.4. The molecule has 0 amide bonds. The molecular weight excluding hydrogens is 275 g/mol. The Bertz CT molecular complexity index is 583. The summed E-state index contributed by atoms with van der Waals surface area (Å²) in [7, 11) is 0. The minimum Gasteiger partial charge on any atom is -0.396 e. The van der Waals surface area contributed by atoms with E-state index in [-0.39, 0.29) is 24.1 Å². The van der Waals surface area contributed by atoms with Gasteiger partial charge in [-0.3, -0.25) is 0 Å². The van der Waals surface area contributed by atoms with Crippen molar-refractivity contribution >= 4 is 17.0 Å². The number of nitrogens with zero attached hydrogens (tertiary/aromatic N) is 3. The van der Waals surface area contributed by atoms with Crippen molar-refractivity contribution < 1.29 is 18.3 Å². The molecule has 110 valence electrons. The molecule has 0 aliphatic carbocycles. The van der Waals surface area contributed by atoms with Gasteiger partial charge in [-0.1, -0.05) is 0 Å². The average Bonchev–Trinajstić information content (AvgIpc) is 2.83. The van der Waals surface area contributed by atoms with Crippen molar-refractivity contribution in [1.29, 1.82) is 0 Å². The fourth-order valence-corrected chi connectivity index (χ4v) is 1.77. The highest BCUT2D eigenvalue weighted by Crippen LogP contribution is 2.29. The summed E-state index contributed by atoms with van der Waals surface area (Å²) in [6.07, 6.45) is -2.20. The molecule has 0 aliphatic heterocycles. The Morgan fingerprint density at radius 3 is 2.80 bits per heavy atom. The van der Waals surface area contributed by atoms with Crippen LogP contribution in [0.5, 0.6) is 0 Å². The van der Waals surface area contributed by atoms with Crippen molar-refractivity contribution in [3.8, 4) is 0 Å². The molecule has 0 aromatic carbocycles. The normalized spacial score (nSPS) is 13.7. The van der Waals surface area contributed by atoms with E-state index in [2.05, 4.69) is 25.3 Å². The number of aliphatic hydroxyl groups excluding tert-OH is 1. The highest BCUT2D eigenvalue weighted by molar-refractivity contribution is 5.82. The van der Waals surface area contributed by atoms with Gasteiger partial charge in [0.25, 0.3) is 0 Å². The number of halogens is 3. The number of fused-ring (bicyclic) bond motifs is 1. The number of anilines is 1. The molecule has 2 rings (SSSR count). The number of imidazole rings is 1. The Balaban J connectivity index is 2.33. The first-order valence-corrected chi connectivity index (χ1v) is 6.07. The number of nitrogens with one attached hydrogen (secondary N) is 2. The van der Waals surface area contributed by atoms with E-state index in [0.717, 1.165) is 0 Å². The standard InChI is InChI=1S/C11H14F3N5O/c1-6(3-2-4-20)17-9-7-8(16-5-15-7)18-10(19-9)11(12,13)14/h5-6,20H,2-4H2,1H3,(H2,15,16,17,18,19)/t6-/m1/s1. The van der Waals surface area contributed by atoms with E-state index in [0.29, 0.717) is 18.4 Å². The van der Waals surface area contributed by atoms with E-state index in [1.165, 1.54) is 6.33 Å². The van der Waals surface area contributed by atoms with Gasteiger partial charge < -0.3 is 15.4 Å². The van der Waals surface area contributed by atoms with E-state index >= 15 is 0 Å². The van der Waals surface area contributed by atoms with Gasteiger partial charge >= 0.3 is 6.18 Å². The second-order valence-corrected chi connectivity index (χ2v) is 4.41. The van der Waals surface area contributed by atoms with E-state index in [1.54, 1.807) is 6.92 Å². The number of alkyl halides is 3. The van der Waals surface area contributed by atoms with Crippen molar-refractivity contribution in [3.63, 3.8) is 0 Å². The van der Waals surface area contributed by atoms with Gasteiger partial charge in [-0.05, 0) is 19.8 Å². The second kappa shape index (κ2) is 5.61. The molecule has 0 spiro atoms. The summed E-state index contributed by atoms with van der Waals surface area (Å²) in [5, 5.41) is 11.6. The second-order valence-electron chi connectivity index (χ2n) is 4.41. The van der Waals surface area contributed by atoms with Crippen LogP contribution in [0, 0.1) is 0 Å². The zero-order valence-electron chi connectivity index (χ0n) is 10.7. The maximum atomic E-state index is 12.7. The molecule has 0 radical (unpaired) electrons. The molecule has 0 unspecified atom stereocenters. The number of H-pyrrole nitrogens is 1. The Kier molecular flexibility index (Phi) is 4.07. The highest BCUT2D eigenvalue weighted by Gasteiger charge is 2.36. The molecule has 0 saturated carbocycles. The Morgan fingerprint density at radius 2 is 2.15 bits per heavy atom. The van der Waals surface area contributed by atoms with Crippen LogP contribution in [0.1, 0.15) is 25.6 Å². The predicted octanol–water partition coefficient (Wildman–Crippen LogP) is 1.94. The van der Waals surface area contributed by atoms with Gasteiger partial charge in [0, 0.05) is 12.6 Å². The summed E-state index contributed by atoms with van der Waals surface area (Å²) >= 11 is 0. The van der Waals surface area contributed by atoms with Gasteiger partial charge in [0.05, 0.1) is 6.33 Å². The number of aromatic nitrogens is 4. The van der Waals surface area contributed by atoms with Crippen LogP contribution >= 0.6 is 0 Å². The van der Waals surface area contributed by atoms with Crippen LogP contribution in [0.2, 0.25) is 0 Å². The van der Waals surface area contributed by atoms with Gasteiger partial charge in [0.15, 0.2) is 11.5 Å². The third kappa shape index (κ3) is 3.16. The van der Waals surface area contributed by atoms with E-state index < -0.39 is 12.0 Å². The van der Waals surface area contributed by atoms with Gasteiger partial charge in [-0.15, -0.1) is 0 Å². The molecule has 0 fully saturated rings. The molecule has 3 N–H and O–H groups in total. The fraction of sp³-hybridized carbons (Fsp3) is 0.545. The minimum absolute atomic E-state index is 0.0308. The van der Waals surface area contributed by atoms with E-state index in [1.807, 2.05) is 0 Å². The number of rotatable bonds is 5. The molecule has 0 bridgehead atoms. The summed E-state index contributed by atoms with van der Waals surface area (Å²) < 4.78 is 38.2. The fourth-order valence-electron chi connectivity index (χ4n) is 1.77.